The van der Waals surface area contributed by atoms with E-state index < -0.39 is 4.92 Å². The van der Waals surface area contributed by atoms with Crippen LogP contribution in [0, 0.1) is 21.4 Å². The van der Waals surface area contributed by atoms with Crippen LogP contribution in [0.25, 0.3) is 0 Å². The molecule has 1 amide bonds. The van der Waals surface area contributed by atoms with E-state index in [0.29, 0.717) is 17.9 Å². The van der Waals surface area contributed by atoms with Gasteiger partial charge in [0.2, 0.25) is 5.91 Å². The van der Waals surface area contributed by atoms with E-state index in [1.807, 2.05) is 6.07 Å². The fourth-order valence-electron chi connectivity index (χ4n) is 1.28. The molecule has 0 aliphatic heterocycles. The molecular weight excluding hydrogens is 266 g/mol. The fourth-order valence-corrected chi connectivity index (χ4v) is 2.03. The Morgan fingerprint density at radius 2 is 2.11 bits per heavy atom. The first kappa shape index (κ1) is 15.0. The summed E-state index contributed by atoms with van der Waals surface area (Å²) in [7, 11) is 0. The van der Waals surface area contributed by atoms with Crippen LogP contribution in [-0.2, 0) is 4.79 Å². The molecule has 0 aliphatic carbocycles. The van der Waals surface area contributed by atoms with Gasteiger partial charge in [-0.25, -0.2) is 0 Å². The second kappa shape index (κ2) is 8.11. The van der Waals surface area contributed by atoms with Gasteiger partial charge in [0.15, 0.2) is 0 Å². The number of hydrogen-bond donors (Lipinski definition) is 1. The van der Waals surface area contributed by atoms with E-state index in [1.54, 1.807) is 0 Å². The van der Waals surface area contributed by atoms with Crippen molar-refractivity contribution in [1.82, 2.24) is 0 Å². The highest BCUT2D eigenvalue weighted by atomic mass is 32.2. The Balaban J connectivity index is 2.32. The van der Waals surface area contributed by atoms with Crippen LogP contribution < -0.4 is 5.32 Å². The van der Waals surface area contributed by atoms with E-state index in [1.165, 1.54) is 36.0 Å². The summed E-state index contributed by atoms with van der Waals surface area (Å²) in [5.41, 5.74) is 0.525. The summed E-state index contributed by atoms with van der Waals surface area (Å²) in [5.74, 6) is 0.916. The van der Waals surface area contributed by atoms with Crippen molar-refractivity contribution >= 4 is 29.0 Å². The van der Waals surface area contributed by atoms with Crippen molar-refractivity contribution in [2.24, 2.45) is 0 Å². The van der Waals surface area contributed by atoms with Crippen molar-refractivity contribution in [2.45, 2.75) is 12.8 Å². The van der Waals surface area contributed by atoms with Crippen LogP contribution in [0.4, 0.5) is 11.4 Å². The van der Waals surface area contributed by atoms with Crippen molar-refractivity contribution in [1.29, 1.82) is 5.26 Å². The molecule has 0 heterocycles. The van der Waals surface area contributed by atoms with Crippen LogP contribution in [-0.4, -0.2) is 22.3 Å². The first-order valence-electron chi connectivity index (χ1n) is 5.62. The Morgan fingerprint density at radius 1 is 1.42 bits per heavy atom. The normalized spacial score (nSPS) is 9.63. The number of nitro groups is 1. The zero-order valence-corrected chi connectivity index (χ0v) is 11.0. The summed E-state index contributed by atoms with van der Waals surface area (Å²) >= 11 is 1.46. The van der Waals surface area contributed by atoms with Gasteiger partial charge in [-0.1, -0.05) is 0 Å². The van der Waals surface area contributed by atoms with Crippen molar-refractivity contribution < 1.29 is 9.72 Å². The molecule has 6 nitrogen and oxygen atoms in total. The lowest BCUT2D eigenvalue weighted by molar-refractivity contribution is -0.384. The van der Waals surface area contributed by atoms with E-state index in [4.69, 9.17) is 5.26 Å². The Labute approximate surface area is 115 Å². The zero-order chi connectivity index (χ0) is 14.1. The zero-order valence-electron chi connectivity index (χ0n) is 10.2. The van der Waals surface area contributed by atoms with Gasteiger partial charge in [0.1, 0.15) is 0 Å². The molecule has 19 heavy (non-hydrogen) atoms. The van der Waals surface area contributed by atoms with E-state index in [-0.39, 0.29) is 11.6 Å². The summed E-state index contributed by atoms with van der Waals surface area (Å²) in [5, 5.41) is 21.5. The standard InChI is InChI=1S/C12H13N3O3S/c13-7-1-2-8-19-9-12(16)14-10-3-5-11(6-4-10)15(17)18/h3-6H,1-2,8-9H2,(H,14,16). The van der Waals surface area contributed by atoms with Crippen LogP contribution >= 0.6 is 11.8 Å². The molecule has 1 rings (SSSR count). The molecule has 1 aromatic carbocycles. The molecule has 0 bridgehead atoms. The molecule has 0 radical (unpaired) electrons. The van der Waals surface area contributed by atoms with Gasteiger partial charge < -0.3 is 5.32 Å². The highest BCUT2D eigenvalue weighted by molar-refractivity contribution is 7.99. The van der Waals surface area contributed by atoms with Crippen LogP contribution in [0.3, 0.4) is 0 Å². The van der Waals surface area contributed by atoms with Crippen molar-refractivity contribution in [2.75, 3.05) is 16.8 Å². The number of nitrogens with one attached hydrogen (secondary N) is 1. The second-order valence-electron chi connectivity index (χ2n) is 3.67. The maximum Gasteiger partial charge on any atom is 0.269 e. The minimum atomic E-state index is -0.489. The fraction of sp³-hybridized carbons (Fsp3) is 0.333. The topological polar surface area (TPSA) is 96.0 Å². The lowest BCUT2D eigenvalue weighted by atomic mass is 10.3. The average molecular weight is 279 g/mol. The van der Waals surface area contributed by atoms with Crippen molar-refractivity contribution in [3.63, 3.8) is 0 Å². The Kier molecular flexibility index (Phi) is 6.39. The molecular formula is C12H13N3O3S. The molecule has 0 unspecified atom stereocenters. The molecule has 0 atom stereocenters. The van der Waals surface area contributed by atoms with Gasteiger partial charge in [-0.2, -0.15) is 17.0 Å². The number of nitro benzene ring substituents is 1. The lowest BCUT2D eigenvalue weighted by Crippen LogP contribution is -2.14. The van der Waals surface area contributed by atoms with Gasteiger partial charge in [-0.05, 0) is 24.3 Å². The van der Waals surface area contributed by atoms with E-state index in [9.17, 15) is 14.9 Å². The smallest absolute Gasteiger partial charge is 0.269 e. The van der Waals surface area contributed by atoms with Crippen LogP contribution in [0.1, 0.15) is 12.8 Å². The largest absolute Gasteiger partial charge is 0.325 e. The molecule has 7 heteroatoms. The van der Waals surface area contributed by atoms with E-state index >= 15 is 0 Å². The van der Waals surface area contributed by atoms with E-state index in [2.05, 4.69) is 5.32 Å². The van der Waals surface area contributed by atoms with Gasteiger partial charge >= 0.3 is 0 Å². The van der Waals surface area contributed by atoms with Crippen molar-refractivity contribution in [3.8, 4) is 6.07 Å². The summed E-state index contributed by atoms with van der Waals surface area (Å²) in [6.07, 6.45) is 1.27. The monoisotopic (exact) mass is 279 g/mol. The van der Waals surface area contributed by atoms with Gasteiger partial charge in [0.05, 0.1) is 16.7 Å². The van der Waals surface area contributed by atoms with Gasteiger partial charge in [-0.3, -0.25) is 14.9 Å². The van der Waals surface area contributed by atoms with Gasteiger partial charge in [-0.15, -0.1) is 0 Å². The quantitative estimate of drug-likeness (QED) is 0.470. The number of benzene rings is 1. The SMILES string of the molecule is N#CCCCSCC(=O)Nc1ccc([N+](=O)[O-])cc1. The number of nitrogens with zero attached hydrogens (tertiary/aromatic N) is 2. The Morgan fingerprint density at radius 3 is 2.68 bits per heavy atom. The minimum absolute atomic E-state index is 0.0103. The molecule has 100 valence electrons. The molecule has 0 aromatic heterocycles. The average Bonchev–Trinajstić information content (AvgIpc) is 2.39. The van der Waals surface area contributed by atoms with Gasteiger partial charge in [0, 0.05) is 24.2 Å². The third-order valence-corrected chi connectivity index (χ3v) is 3.22. The number of thioether (sulfide) groups is 1. The second-order valence-corrected chi connectivity index (χ2v) is 4.77. The minimum Gasteiger partial charge on any atom is -0.325 e. The molecule has 1 aromatic rings. The maximum atomic E-state index is 11.5. The number of non-ortho nitro benzene ring substituents is 1. The molecule has 0 fully saturated rings. The number of unbranched alkanes of at least 4 members (excludes halogenated alkanes) is 1. The number of carbonyl (C=O) groups is 1. The molecule has 1 N–H and O–H groups in total. The highest BCUT2D eigenvalue weighted by Gasteiger charge is 2.06. The highest BCUT2D eigenvalue weighted by Crippen LogP contribution is 2.15. The summed E-state index contributed by atoms with van der Waals surface area (Å²) in [4.78, 5) is 21.5. The lowest BCUT2D eigenvalue weighted by Gasteiger charge is -2.04. The number of hydrogen-bond acceptors (Lipinski definition) is 5. The Hall–Kier alpha value is -2.07. The number of rotatable bonds is 7. The summed E-state index contributed by atoms with van der Waals surface area (Å²) < 4.78 is 0. The molecule has 0 saturated carbocycles. The molecule has 0 aliphatic rings. The number of anilines is 1. The number of amides is 1. The summed E-state index contributed by atoms with van der Waals surface area (Å²) in [6.45, 7) is 0. The first-order valence-corrected chi connectivity index (χ1v) is 6.78. The third kappa shape index (κ3) is 5.88. The summed E-state index contributed by atoms with van der Waals surface area (Å²) in [6, 6.07) is 7.72. The number of nitriles is 1. The first-order chi connectivity index (χ1) is 9.13. The predicted octanol–water partition coefficient (Wildman–Crippen LogP) is 2.57. The number of carbonyl (C=O) groups excluding carboxylic acids is 1. The van der Waals surface area contributed by atoms with Gasteiger partial charge in [0.25, 0.3) is 5.69 Å². The Bertz CT molecular complexity index is 482. The predicted molar refractivity (Wildman–Crippen MR) is 73.9 cm³/mol. The van der Waals surface area contributed by atoms with Crippen LogP contribution in [0.15, 0.2) is 24.3 Å². The van der Waals surface area contributed by atoms with E-state index in [0.717, 1.165) is 12.2 Å². The van der Waals surface area contributed by atoms with Crippen LogP contribution in [0.5, 0.6) is 0 Å². The van der Waals surface area contributed by atoms with Crippen LogP contribution in [0.2, 0.25) is 0 Å². The van der Waals surface area contributed by atoms with Crippen molar-refractivity contribution in [3.05, 3.63) is 34.4 Å². The third-order valence-electron chi connectivity index (χ3n) is 2.17. The molecule has 0 saturated heterocycles. The molecule has 0 spiro atoms. The maximum absolute atomic E-state index is 11.5.